The fourth-order valence-electron chi connectivity index (χ4n) is 2.74. The minimum Gasteiger partial charge on any atom is -0.354 e. The Morgan fingerprint density at radius 2 is 2.21 bits per heavy atom. The third-order valence-corrected chi connectivity index (χ3v) is 4.18. The molecule has 2 atom stereocenters. The van der Waals surface area contributed by atoms with Crippen molar-refractivity contribution in [1.29, 1.82) is 0 Å². The summed E-state index contributed by atoms with van der Waals surface area (Å²) in [5.41, 5.74) is 5.67. The van der Waals surface area contributed by atoms with Crippen LogP contribution in [-0.2, 0) is 4.79 Å². The fourth-order valence-corrected chi connectivity index (χ4v) is 2.74. The lowest BCUT2D eigenvalue weighted by atomic mass is 9.91. The van der Waals surface area contributed by atoms with E-state index in [-0.39, 0.29) is 17.5 Å². The van der Waals surface area contributed by atoms with Crippen molar-refractivity contribution in [3.8, 4) is 0 Å². The van der Waals surface area contributed by atoms with Crippen LogP contribution in [0.2, 0.25) is 0 Å². The highest BCUT2D eigenvalue weighted by Gasteiger charge is 2.31. The first-order chi connectivity index (χ1) is 8.85. The Kier molecular flexibility index (Phi) is 6.27. The lowest BCUT2D eigenvalue weighted by Gasteiger charge is -2.43. The summed E-state index contributed by atoms with van der Waals surface area (Å²) in [7, 11) is 0. The summed E-state index contributed by atoms with van der Waals surface area (Å²) < 4.78 is 0. The van der Waals surface area contributed by atoms with Gasteiger partial charge in [-0.3, -0.25) is 9.69 Å². The van der Waals surface area contributed by atoms with E-state index in [1.807, 2.05) is 6.92 Å². The molecule has 4 nitrogen and oxygen atoms in total. The van der Waals surface area contributed by atoms with Gasteiger partial charge in [-0.05, 0) is 46.1 Å². The topological polar surface area (TPSA) is 58.4 Å². The summed E-state index contributed by atoms with van der Waals surface area (Å²) in [5.74, 6) is 0.875. The maximum absolute atomic E-state index is 11.7. The molecule has 1 amide bonds. The van der Waals surface area contributed by atoms with Gasteiger partial charge in [-0.15, -0.1) is 0 Å². The summed E-state index contributed by atoms with van der Waals surface area (Å²) in [6.07, 6.45) is 4.28. The van der Waals surface area contributed by atoms with Gasteiger partial charge in [0.1, 0.15) is 0 Å². The number of carbonyl (C=O) groups excluding carboxylic acids is 1. The van der Waals surface area contributed by atoms with Crippen molar-refractivity contribution in [2.75, 3.05) is 19.6 Å². The minimum absolute atomic E-state index is 0.0291. The summed E-state index contributed by atoms with van der Waals surface area (Å²) in [4.78, 5) is 14.2. The standard InChI is InChI=1S/C15H31N3O/c1-5-13-7-6-8-18(10-13)15(3,4)11-17-14(19)9-12(2)16/h12-13H,5-11,16H2,1-4H3,(H,17,19). The largest absolute Gasteiger partial charge is 0.354 e. The zero-order chi connectivity index (χ0) is 14.5. The summed E-state index contributed by atoms with van der Waals surface area (Å²) in [5, 5.41) is 3.02. The van der Waals surface area contributed by atoms with Gasteiger partial charge in [-0.2, -0.15) is 0 Å². The first-order valence-corrected chi connectivity index (χ1v) is 7.62. The van der Waals surface area contributed by atoms with Crippen LogP contribution >= 0.6 is 0 Å². The predicted octanol–water partition coefficient (Wildman–Crippen LogP) is 1.74. The van der Waals surface area contributed by atoms with E-state index >= 15 is 0 Å². The van der Waals surface area contributed by atoms with Gasteiger partial charge in [0.15, 0.2) is 0 Å². The van der Waals surface area contributed by atoms with Crippen molar-refractivity contribution in [2.24, 2.45) is 11.7 Å². The van der Waals surface area contributed by atoms with Crippen LogP contribution < -0.4 is 11.1 Å². The number of likely N-dealkylation sites (tertiary alicyclic amines) is 1. The fraction of sp³-hybridized carbons (Fsp3) is 0.933. The number of nitrogens with one attached hydrogen (secondary N) is 1. The van der Waals surface area contributed by atoms with E-state index in [1.165, 1.54) is 19.3 Å². The second-order valence-corrected chi connectivity index (χ2v) is 6.63. The molecule has 1 saturated heterocycles. The van der Waals surface area contributed by atoms with E-state index < -0.39 is 0 Å². The van der Waals surface area contributed by atoms with Crippen molar-refractivity contribution >= 4 is 5.91 Å². The molecule has 0 spiro atoms. The summed E-state index contributed by atoms with van der Waals surface area (Å²) in [6, 6.07) is -0.0671. The maximum Gasteiger partial charge on any atom is 0.221 e. The van der Waals surface area contributed by atoms with Gasteiger partial charge in [-0.1, -0.05) is 13.3 Å². The normalized spacial score (nSPS) is 23.1. The van der Waals surface area contributed by atoms with Crippen molar-refractivity contribution in [1.82, 2.24) is 10.2 Å². The molecule has 4 heteroatoms. The lowest BCUT2D eigenvalue weighted by molar-refractivity contribution is -0.122. The third-order valence-electron chi connectivity index (χ3n) is 4.18. The number of hydrogen-bond acceptors (Lipinski definition) is 3. The number of nitrogens with two attached hydrogens (primary N) is 1. The van der Waals surface area contributed by atoms with E-state index in [9.17, 15) is 4.79 Å². The molecular formula is C15H31N3O. The van der Waals surface area contributed by atoms with Crippen LogP contribution in [0.5, 0.6) is 0 Å². The molecule has 2 unspecified atom stereocenters. The van der Waals surface area contributed by atoms with Gasteiger partial charge in [0.2, 0.25) is 5.91 Å². The number of piperidine rings is 1. The molecule has 112 valence electrons. The highest BCUT2D eigenvalue weighted by atomic mass is 16.1. The second kappa shape index (κ2) is 7.25. The van der Waals surface area contributed by atoms with Crippen molar-refractivity contribution in [3.63, 3.8) is 0 Å². The number of amides is 1. The molecule has 0 saturated carbocycles. The SMILES string of the molecule is CCC1CCCN(C(C)(C)CNC(=O)CC(C)N)C1. The first-order valence-electron chi connectivity index (χ1n) is 7.62. The molecule has 0 bridgehead atoms. The third kappa shape index (κ3) is 5.49. The molecular weight excluding hydrogens is 238 g/mol. The van der Waals surface area contributed by atoms with Gasteiger partial charge in [0, 0.05) is 31.1 Å². The molecule has 0 radical (unpaired) electrons. The molecule has 1 aliphatic heterocycles. The van der Waals surface area contributed by atoms with Crippen LogP contribution in [0.4, 0.5) is 0 Å². The van der Waals surface area contributed by atoms with Crippen molar-refractivity contribution in [3.05, 3.63) is 0 Å². The monoisotopic (exact) mass is 269 g/mol. The second-order valence-electron chi connectivity index (χ2n) is 6.63. The average Bonchev–Trinajstić information content (AvgIpc) is 2.36. The molecule has 0 aromatic rings. The van der Waals surface area contributed by atoms with Gasteiger partial charge in [-0.25, -0.2) is 0 Å². The van der Waals surface area contributed by atoms with Crippen LogP contribution in [0.25, 0.3) is 0 Å². The number of rotatable bonds is 6. The quantitative estimate of drug-likeness (QED) is 0.772. The number of nitrogens with zero attached hydrogens (tertiary/aromatic N) is 1. The van der Waals surface area contributed by atoms with Crippen LogP contribution in [-0.4, -0.2) is 42.0 Å². The van der Waals surface area contributed by atoms with Crippen molar-refractivity contribution < 1.29 is 4.79 Å². The van der Waals surface area contributed by atoms with E-state index in [1.54, 1.807) is 0 Å². The molecule has 1 heterocycles. The molecule has 3 N–H and O–H groups in total. The summed E-state index contributed by atoms with van der Waals surface area (Å²) in [6.45, 7) is 11.6. The summed E-state index contributed by atoms with van der Waals surface area (Å²) >= 11 is 0. The van der Waals surface area contributed by atoms with Crippen LogP contribution in [0.3, 0.4) is 0 Å². The average molecular weight is 269 g/mol. The Balaban J connectivity index is 2.43. The Labute approximate surface area is 118 Å². The number of carbonyl (C=O) groups is 1. The molecule has 19 heavy (non-hydrogen) atoms. The highest BCUT2D eigenvalue weighted by Crippen LogP contribution is 2.25. The Morgan fingerprint density at radius 1 is 1.53 bits per heavy atom. The molecule has 1 fully saturated rings. The Hall–Kier alpha value is -0.610. The van der Waals surface area contributed by atoms with Gasteiger partial charge < -0.3 is 11.1 Å². The van der Waals surface area contributed by atoms with Crippen LogP contribution in [0.15, 0.2) is 0 Å². The zero-order valence-electron chi connectivity index (χ0n) is 13.0. The smallest absolute Gasteiger partial charge is 0.221 e. The van der Waals surface area contributed by atoms with Gasteiger partial charge in [0.25, 0.3) is 0 Å². The van der Waals surface area contributed by atoms with Gasteiger partial charge in [0.05, 0.1) is 0 Å². The Morgan fingerprint density at radius 3 is 2.79 bits per heavy atom. The van der Waals surface area contributed by atoms with Crippen LogP contribution in [0.1, 0.15) is 53.4 Å². The molecule has 1 aliphatic rings. The molecule has 0 aromatic carbocycles. The lowest BCUT2D eigenvalue weighted by Crippen LogP contribution is -2.55. The van der Waals surface area contributed by atoms with E-state index in [0.29, 0.717) is 13.0 Å². The highest BCUT2D eigenvalue weighted by molar-refractivity contribution is 5.76. The maximum atomic E-state index is 11.7. The Bertz CT molecular complexity index is 289. The molecule has 0 aromatic heterocycles. The molecule has 1 rings (SSSR count). The zero-order valence-corrected chi connectivity index (χ0v) is 13.0. The minimum atomic E-state index is -0.0671. The van der Waals surface area contributed by atoms with E-state index in [4.69, 9.17) is 5.73 Å². The van der Waals surface area contributed by atoms with Gasteiger partial charge >= 0.3 is 0 Å². The van der Waals surface area contributed by atoms with E-state index in [0.717, 1.165) is 19.0 Å². The van der Waals surface area contributed by atoms with E-state index in [2.05, 4.69) is 31.0 Å². The number of hydrogen-bond donors (Lipinski definition) is 2. The molecule has 0 aliphatic carbocycles. The van der Waals surface area contributed by atoms with Crippen LogP contribution in [0, 0.1) is 5.92 Å². The first kappa shape index (κ1) is 16.4. The predicted molar refractivity (Wildman–Crippen MR) is 79.9 cm³/mol. The van der Waals surface area contributed by atoms with Crippen molar-refractivity contribution in [2.45, 2.75) is 65.0 Å².